The molecule has 106 valence electrons. The fourth-order valence-corrected chi connectivity index (χ4v) is 2.14. The largest absolute Gasteiger partial charge is 0.493 e. The molecule has 0 spiro atoms. The molecular formula is C18H22O2. The summed E-state index contributed by atoms with van der Waals surface area (Å²) in [6, 6.07) is 18.2. The number of hydrogen-bond donors (Lipinski definition) is 1. The maximum atomic E-state index is 9.96. The van der Waals surface area contributed by atoms with Crippen molar-refractivity contribution in [3.05, 3.63) is 65.7 Å². The molecule has 0 aromatic heterocycles. The Kier molecular flexibility index (Phi) is 5.63. The van der Waals surface area contributed by atoms with E-state index < -0.39 is 0 Å². The van der Waals surface area contributed by atoms with Crippen LogP contribution < -0.4 is 4.74 Å². The predicted molar refractivity (Wildman–Crippen MR) is 82.1 cm³/mol. The van der Waals surface area contributed by atoms with Crippen molar-refractivity contribution in [1.29, 1.82) is 0 Å². The zero-order chi connectivity index (χ0) is 14.2. The van der Waals surface area contributed by atoms with Crippen molar-refractivity contribution in [2.45, 2.75) is 32.3 Å². The standard InChI is InChI=1S/C18H22O2/c1-15-6-5-9-18(14-15)20-13-12-17(19)11-10-16-7-3-2-4-8-16/h2-9,14,17,19H,10-13H2,1H3. The van der Waals surface area contributed by atoms with E-state index in [9.17, 15) is 5.11 Å². The van der Waals surface area contributed by atoms with E-state index in [1.54, 1.807) is 0 Å². The summed E-state index contributed by atoms with van der Waals surface area (Å²) in [5, 5.41) is 9.96. The van der Waals surface area contributed by atoms with Gasteiger partial charge in [-0.05, 0) is 43.0 Å². The lowest BCUT2D eigenvalue weighted by molar-refractivity contribution is 0.131. The molecule has 0 aliphatic rings. The molecule has 0 saturated heterocycles. The maximum Gasteiger partial charge on any atom is 0.119 e. The Morgan fingerprint density at radius 1 is 1.00 bits per heavy atom. The van der Waals surface area contributed by atoms with Gasteiger partial charge in [-0.3, -0.25) is 0 Å². The lowest BCUT2D eigenvalue weighted by atomic mass is 10.1. The lowest BCUT2D eigenvalue weighted by Crippen LogP contribution is -2.13. The predicted octanol–water partition coefficient (Wildman–Crippen LogP) is 3.76. The van der Waals surface area contributed by atoms with Crippen LogP contribution in [0.1, 0.15) is 24.0 Å². The molecule has 0 bridgehead atoms. The van der Waals surface area contributed by atoms with Crippen molar-refractivity contribution in [1.82, 2.24) is 0 Å². The molecule has 0 aliphatic heterocycles. The summed E-state index contributed by atoms with van der Waals surface area (Å²) in [5.41, 5.74) is 2.46. The van der Waals surface area contributed by atoms with Gasteiger partial charge in [-0.2, -0.15) is 0 Å². The minimum absolute atomic E-state index is 0.306. The van der Waals surface area contributed by atoms with Crippen LogP contribution in [0, 0.1) is 6.92 Å². The van der Waals surface area contributed by atoms with Crippen LogP contribution in [0.25, 0.3) is 0 Å². The van der Waals surface area contributed by atoms with Gasteiger partial charge in [0.15, 0.2) is 0 Å². The van der Waals surface area contributed by atoms with E-state index in [1.807, 2.05) is 49.4 Å². The van der Waals surface area contributed by atoms with Crippen LogP contribution in [0.5, 0.6) is 5.75 Å². The summed E-state index contributed by atoms with van der Waals surface area (Å²) in [6.07, 6.45) is 2.05. The number of rotatable bonds is 7. The van der Waals surface area contributed by atoms with E-state index in [2.05, 4.69) is 12.1 Å². The molecule has 0 fully saturated rings. The van der Waals surface area contributed by atoms with Crippen molar-refractivity contribution >= 4 is 0 Å². The highest BCUT2D eigenvalue weighted by Gasteiger charge is 2.05. The number of aliphatic hydroxyl groups excluding tert-OH is 1. The lowest BCUT2D eigenvalue weighted by Gasteiger charge is -2.12. The molecule has 2 heteroatoms. The Labute approximate surface area is 121 Å². The number of aliphatic hydroxyl groups is 1. The fourth-order valence-electron chi connectivity index (χ4n) is 2.14. The Balaban J connectivity index is 1.66. The van der Waals surface area contributed by atoms with E-state index in [0.717, 1.165) is 18.6 Å². The van der Waals surface area contributed by atoms with Crippen molar-refractivity contribution < 1.29 is 9.84 Å². The highest BCUT2D eigenvalue weighted by atomic mass is 16.5. The molecule has 0 radical (unpaired) electrons. The van der Waals surface area contributed by atoms with Gasteiger partial charge in [-0.15, -0.1) is 0 Å². The SMILES string of the molecule is Cc1cccc(OCCC(O)CCc2ccccc2)c1. The molecule has 0 amide bonds. The van der Waals surface area contributed by atoms with Gasteiger partial charge in [0.2, 0.25) is 0 Å². The first-order valence-corrected chi connectivity index (χ1v) is 7.15. The minimum Gasteiger partial charge on any atom is -0.493 e. The maximum absolute atomic E-state index is 9.96. The molecule has 20 heavy (non-hydrogen) atoms. The highest BCUT2D eigenvalue weighted by molar-refractivity contribution is 5.27. The van der Waals surface area contributed by atoms with Crippen LogP contribution in [0.15, 0.2) is 54.6 Å². The topological polar surface area (TPSA) is 29.5 Å². The normalized spacial score (nSPS) is 12.1. The van der Waals surface area contributed by atoms with Gasteiger partial charge in [-0.1, -0.05) is 42.5 Å². The summed E-state index contributed by atoms with van der Waals surface area (Å²) in [5.74, 6) is 0.875. The Morgan fingerprint density at radius 3 is 2.55 bits per heavy atom. The van der Waals surface area contributed by atoms with Gasteiger partial charge < -0.3 is 9.84 Å². The quantitative estimate of drug-likeness (QED) is 0.830. The van der Waals surface area contributed by atoms with Gasteiger partial charge in [0.05, 0.1) is 12.7 Å². The Morgan fingerprint density at radius 2 is 1.80 bits per heavy atom. The average molecular weight is 270 g/mol. The average Bonchev–Trinajstić information content (AvgIpc) is 2.46. The third kappa shape index (κ3) is 5.06. The van der Waals surface area contributed by atoms with Gasteiger partial charge in [0, 0.05) is 6.42 Å². The summed E-state index contributed by atoms with van der Waals surface area (Å²) in [4.78, 5) is 0. The third-order valence-electron chi connectivity index (χ3n) is 3.32. The first-order chi connectivity index (χ1) is 9.74. The van der Waals surface area contributed by atoms with Crippen LogP contribution in [-0.4, -0.2) is 17.8 Å². The molecule has 2 nitrogen and oxygen atoms in total. The van der Waals surface area contributed by atoms with Gasteiger partial charge in [0.25, 0.3) is 0 Å². The second-order valence-electron chi connectivity index (χ2n) is 5.13. The van der Waals surface area contributed by atoms with E-state index in [-0.39, 0.29) is 6.10 Å². The zero-order valence-corrected chi connectivity index (χ0v) is 12.0. The molecule has 0 aliphatic carbocycles. The molecule has 0 heterocycles. The van der Waals surface area contributed by atoms with E-state index in [1.165, 1.54) is 11.1 Å². The number of benzene rings is 2. The number of ether oxygens (including phenoxy) is 1. The minimum atomic E-state index is -0.306. The molecular weight excluding hydrogens is 248 g/mol. The van der Waals surface area contributed by atoms with Gasteiger partial charge in [-0.25, -0.2) is 0 Å². The van der Waals surface area contributed by atoms with Crippen LogP contribution in [0.3, 0.4) is 0 Å². The summed E-state index contributed by atoms with van der Waals surface area (Å²) in [7, 11) is 0. The van der Waals surface area contributed by atoms with E-state index in [0.29, 0.717) is 13.0 Å². The number of aryl methyl sites for hydroxylation is 2. The second kappa shape index (κ2) is 7.71. The van der Waals surface area contributed by atoms with E-state index >= 15 is 0 Å². The van der Waals surface area contributed by atoms with Crippen LogP contribution in [0.2, 0.25) is 0 Å². The molecule has 2 aromatic carbocycles. The first kappa shape index (κ1) is 14.6. The fraction of sp³-hybridized carbons (Fsp3) is 0.333. The Hall–Kier alpha value is -1.80. The van der Waals surface area contributed by atoms with Crippen LogP contribution >= 0.6 is 0 Å². The van der Waals surface area contributed by atoms with Crippen LogP contribution in [-0.2, 0) is 6.42 Å². The smallest absolute Gasteiger partial charge is 0.119 e. The first-order valence-electron chi connectivity index (χ1n) is 7.15. The van der Waals surface area contributed by atoms with Gasteiger partial charge >= 0.3 is 0 Å². The second-order valence-corrected chi connectivity index (χ2v) is 5.13. The van der Waals surface area contributed by atoms with Crippen molar-refractivity contribution in [3.63, 3.8) is 0 Å². The zero-order valence-electron chi connectivity index (χ0n) is 12.0. The third-order valence-corrected chi connectivity index (χ3v) is 3.32. The van der Waals surface area contributed by atoms with Crippen LogP contribution in [0.4, 0.5) is 0 Å². The summed E-state index contributed by atoms with van der Waals surface area (Å²) >= 11 is 0. The van der Waals surface area contributed by atoms with Crippen molar-refractivity contribution in [2.75, 3.05) is 6.61 Å². The van der Waals surface area contributed by atoms with Gasteiger partial charge in [0.1, 0.15) is 5.75 Å². The number of hydrogen-bond acceptors (Lipinski definition) is 2. The summed E-state index contributed by atoms with van der Waals surface area (Å²) < 4.78 is 5.65. The highest BCUT2D eigenvalue weighted by Crippen LogP contribution is 2.13. The molecule has 1 atom stereocenters. The Bertz CT molecular complexity index is 508. The van der Waals surface area contributed by atoms with E-state index in [4.69, 9.17) is 4.74 Å². The molecule has 0 saturated carbocycles. The summed E-state index contributed by atoms with van der Waals surface area (Å²) in [6.45, 7) is 2.60. The molecule has 2 rings (SSSR count). The molecule has 2 aromatic rings. The monoisotopic (exact) mass is 270 g/mol. The molecule has 1 unspecified atom stereocenters. The van der Waals surface area contributed by atoms with Crippen molar-refractivity contribution in [3.8, 4) is 5.75 Å². The molecule has 1 N–H and O–H groups in total. The van der Waals surface area contributed by atoms with Crippen molar-refractivity contribution in [2.24, 2.45) is 0 Å².